The molecular weight excluding hydrogens is 660 g/mol. The highest BCUT2D eigenvalue weighted by Gasteiger charge is 2.33. The van der Waals surface area contributed by atoms with Gasteiger partial charge in [-0.25, -0.2) is 4.79 Å². The lowest BCUT2D eigenvalue weighted by Crippen LogP contribution is -2.59. The minimum Gasteiger partial charge on any atom is -0.508 e. The first kappa shape index (κ1) is 42.6. The molecule has 0 radical (unpaired) electrons. The number of unbranched alkanes of at least 4 members (excludes halogenated alkanes) is 2. The number of phenolic OH excluding ortho intramolecular Hbond substituents is 1. The normalized spacial score (nSPS) is 22.6. The van der Waals surface area contributed by atoms with E-state index in [0.717, 1.165) is 0 Å². The smallest absolute Gasteiger partial charge is 0.326 e. The molecule has 16 heteroatoms. The van der Waals surface area contributed by atoms with E-state index in [-0.39, 0.29) is 37.9 Å². The van der Waals surface area contributed by atoms with Crippen LogP contribution >= 0.6 is 0 Å². The van der Waals surface area contributed by atoms with Gasteiger partial charge in [0.1, 0.15) is 36.0 Å². The zero-order chi connectivity index (χ0) is 37.9. The molecule has 1 aliphatic rings. The summed E-state index contributed by atoms with van der Waals surface area (Å²) in [6.45, 7) is 4.23. The largest absolute Gasteiger partial charge is 0.508 e. The lowest BCUT2D eigenvalue weighted by Gasteiger charge is -2.28. The van der Waals surface area contributed by atoms with Crippen LogP contribution in [-0.4, -0.2) is 95.1 Å². The van der Waals surface area contributed by atoms with Crippen molar-refractivity contribution in [2.24, 2.45) is 23.1 Å². The molecule has 0 aromatic heterocycles. The Kier molecular flexibility index (Phi) is 18.7. The van der Waals surface area contributed by atoms with Crippen molar-refractivity contribution in [3.05, 3.63) is 42.0 Å². The molecule has 1 heterocycles. The highest BCUT2D eigenvalue weighted by Crippen LogP contribution is 2.14. The number of nitrogens with two attached hydrogens (primary N) is 3. The van der Waals surface area contributed by atoms with Crippen molar-refractivity contribution in [1.82, 2.24) is 26.6 Å². The second kappa shape index (κ2) is 22.3. The van der Waals surface area contributed by atoms with E-state index in [4.69, 9.17) is 17.2 Å². The van der Waals surface area contributed by atoms with Gasteiger partial charge >= 0.3 is 5.97 Å². The number of carboxylic acid groups (broad SMARTS) is 1. The summed E-state index contributed by atoms with van der Waals surface area (Å²) in [4.78, 5) is 79.6. The number of nitrogens with one attached hydrogen (secondary N) is 5. The van der Waals surface area contributed by atoms with E-state index in [0.29, 0.717) is 50.8 Å². The number of carboxylic acids is 1. The second-order valence-electron chi connectivity index (χ2n) is 12.9. The van der Waals surface area contributed by atoms with Crippen LogP contribution in [0.1, 0.15) is 77.2 Å². The molecule has 0 saturated carbocycles. The molecule has 284 valence electrons. The summed E-state index contributed by atoms with van der Waals surface area (Å²) in [5.74, 6) is -4.95. The van der Waals surface area contributed by atoms with Crippen LogP contribution in [0, 0.1) is 5.92 Å². The summed E-state index contributed by atoms with van der Waals surface area (Å²) in [6.07, 6.45) is 6.27. The summed E-state index contributed by atoms with van der Waals surface area (Å²) in [5, 5.41) is 32.9. The molecule has 16 nitrogen and oxygen atoms in total. The minimum atomic E-state index is -1.27. The van der Waals surface area contributed by atoms with Crippen LogP contribution in [0.25, 0.3) is 0 Å². The molecule has 2 rings (SSSR count). The first-order valence-electron chi connectivity index (χ1n) is 17.6. The maximum absolute atomic E-state index is 13.9. The summed E-state index contributed by atoms with van der Waals surface area (Å²) >= 11 is 0. The molecule has 5 amide bonds. The predicted octanol–water partition coefficient (Wildman–Crippen LogP) is -0.575. The number of carbonyl (C=O) groups is 6. The average Bonchev–Trinajstić information content (AvgIpc) is 3.10. The summed E-state index contributed by atoms with van der Waals surface area (Å²) < 4.78 is 0. The van der Waals surface area contributed by atoms with Crippen molar-refractivity contribution in [3.63, 3.8) is 0 Å². The maximum atomic E-state index is 13.9. The monoisotopic (exact) mass is 716 g/mol. The lowest BCUT2D eigenvalue weighted by atomic mass is 9.98. The maximum Gasteiger partial charge on any atom is 0.326 e. The van der Waals surface area contributed by atoms with Crippen molar-refractivity contribution in [2.75, 3.05) is 13.1 Å². The lowest BCUT2D eigenvalue weighted by molar-refractivity contribution is -0.143. The molecule has 0 unspecified atom stereocenters. The van der Waals surface area contributed by atoms with E-state index < -0.39 is 77.7 Å². The zero-order valence-electron chi connectivity index (χ0n) is 29.6. The molecule has 0 saturated heterocycles. The number of rotatable bonds is 17. The predicted molar refractivity (Wildman–Crippen MR) is 191 cm³/mol. The first-order valence-corrected chi connectivity index (χ1v) is 17.6. The third kappa shape index (κ3) is 14.7. The van der Waals surface area contributed by atoms with Crippen molar-refractivity contribution in [2.45, 2.75) is 114 Å². The van der Waals surface area contributed by atoms with Crippen molar-refractivity contribution in [1.29, 1.82) is 0 Å². The topological polar surface area (TPSA) is 281 Å². The molecule has 13 N–H and O–H groups in total. The molecule has 1 aromatic carbocycles. The molecule has 0 bridgehead atoms. The van der Waals surface area contributed by atoms with Gasteiger partial charge in [-0.2, -0.15) is 0 Å². The van der Waals surface area contributed by atoms with Crippen LogP contribution in [0.4, 0.5) is 0 Å². The van der Waals surface area contributed by atoms with Gasteiger partial charge < -0.3 is 54.0 Å². The number of aromatic hydroxyl groups is 1. The number of aliphatic carboxylic acids is 1. The minimum absolute atomic E-state index is 0.00656. The highest BCUT2D eigenvalue weighted by molar-refractivity contribution is 5.96. The average molecular weight is 717 g/mol. The van der Waals surface area contributed by atoms with Crippen LogP contribution in [0.2, 0.25) is 0 Å². The number of hydrogen-bond donors (Lipinski definition) is 10. The second-order valence-corrected chi connectivity index (χ2v) is 12.9. The zero-order valence-corrected chi connectivity index (χ0v) is 29.6. The number of amides is 5. The molecule has 0 spiro atoms. The summed E-state index contributed by atoms with van der Waals surface area (Å²) in [6, 6.07) is -0.833. The van der Waals surface area contributed by atoms with E-state index in [2.05, 4.69) is 26.6 Å². The first-order chi connectivity index (χ1) is 24.3. The fourth-order valence-electron chi connectivity index (χ4n) is 5.45. The Balaban J connectivity index is 2.44. The number of phenols is 1. The van der Waals surface area contributed by atoms with Crippen LogP contribution in [0.15, 0.2) is 36.4 Å². The Bertz CT molecular complexity index is 1340. The molecular formula is C35H56N8O8. The van der Waals surface area contributed by atoms with Gasteiger partial charge in [0.05, 0.1) is 6.04 Å². The number of carbonyl (C=O) groups excluding carboxylic acids is 5. The van der Waals surface area contributed by atoms with E-state index in [9.17, 15) is 39.0 Å². The fraction of sp³-hybridized carbons (Fsp3) is 0.600. The van der Waals surface area contributed by atoms with E-state index in [1.807, 2.05) is 0 Å². The van der Waals surface area contributed by atoms with Crippen LogP contribution in [-0.2, 0) is 35.2 Å². The third-order valence-corrected chi connectivity index (χ3v) is 8.84. The van der Waals surface area contributed by atoms with Crippen LogP contribution < -0.4 is 43.8 Å². The van der Waals surface area contributed by atoms with Gasteiger partial charge in [-0.1, -0.05) is 44.6 Å². The van der Waals surface area contributed by atoms with Crippen molar-refractivity contribution >= 4 is 35.5 Å². The molecule has 1 aromatic rings. The molecule has 7 atom stereocenters. The van der Waals surface area contributed by atoms with E-state index >= 15 is 0 Å². The SMILES string of the molecule is CC[C@@H](C)[C@H](NC(=O)[C@H](Cc1ccc(O)cc1)NC(=O)[C@@H]1C/C=C\C[C@H](N)C(=O)N[C@@H](CCCCN)C(=O)N[C@@H](CCCCN)C(=O)N1)C(=O)O. The quantitative estimate of drug-likeness (QED) is 0.0719. The van der Waals surface area contributed by atoms with Gasteiger partial charge in [-0.15, -0.1) is 0 Å². The molecule has 0 fully saturated rings. The Morgan fingerprint density at radius 3 is 1.94 bits per heavy atom. The van der Waals surface area contributed by atoms with Gasteiger partial charge in [0.25, 0.3) is 0 Å². The Morgan fingerprint density at radius 1 is 0.843 bits per heavy atom. The van der Waals surface area contributed by atoms with Crippen LogP contribution in [0.5, 0.6) is 5.75 Å². The third-order valence-electron chi connectivity index (χ3n) is 8.84. The number of hydrogen-bond acceptors (Lipinski definition) is 10. The van der Waals surface area contributed by atoms with Gasteiger partial charge in [0.15, 0.2) is 0 Å². The van der Waals surface area contributed by atoms with E-state index in [1.54, 1.807) is 38.1 Å². The van der Waals surface area contributed by atoms with Gasteiger partial charge in [0, 0.05) is 6.42 Å². The Morgan fingerprint density at radius 2 is 1.39 bits per heavy atom. The summed E-state index contributed by atoms with van der Waals surface area (Å²) in [5.41, 5.74) is 18.0. The highest BCUT2D eigenvalue weighted by atomic mass is 16.4. The van der Waals surface area contributed by atoms with Crippen molar-refractivity contribution in [3.8, 4) is 5.75 Å². The Hall–Kier alpha value is -4.54. The van der Waals surface area contributed by atoms with Gasteiger partial charge in [-0.05, 0) is 88.1 Å². The molecule has 1 aliphatic heterocycles. The Labute approximate surface area is 299 Å². The fourth-order valence-corrected chi connectivity index (χ4v) is 5.45. The van der Waals surface area contributed by atoms with Gasteiger partial charge in [0.2, 0.25) is 29.5 Å². The summed E-state index contributed by atoms with van der Waals surface area (Å²) in [7, 11) is 0. The van der Waals surface area contributed by atoms with Gasteiger partial charge in [-0.3, -0.25) is 24.0 Å². The van der Waals surface area contributed by atoms with Crippen molar-refractivity contribution < 1.29 is 39.0 Å². The standard InChI is InChI=1S/C35H56N8O8/c1-3-21(2)29(35(50)51)43-34(49)28(20-22-14-16-23(44)17-15-22)42-33(48)26-11-5-4-10-24(38)30(45)39-25(12-6-8-18-36)31(46)41-27(32(47)40-26)13-7-9-19-37/h4-5,14-17,21,24-29,44H,3,6-13,18-20,36-38H2,1-2H3,(H,39,45)(H,40,47)(H,41,46)(H,42,48)(H,43,49)(H,50,51)/b5-4-/t21-,24+,25+,26+,27+,28+,29+/m1/s1. The van der Waals surface area contributed by atoms with Crippen LogP contribution in [0.3, 0.4) is 0 Å². The molecule has 0 aliphatic carbocycles. The molecule has 51 heavy (non-hydrogen) atoms. The number of benzene rings is 1. The van der Waals surface area contributed by atoms with E-state index in [1.165, 1.54) is 12.1 Å².